The lowest BCUT2D eigenvalue weighted by atomic mass is 9.85. The largest absolute Gasteiger partial charge is 0.481 e. The highest BCUT2D eigenvalue weighted by molar-refractivity contribution is 6.34. The number of fused-ring (bicyclic) bond motifs is 1. The van der Waals surface area contributed by atoms with Crippen LogP contribution in [0.1, 0.15) is 25.0 Å². The van der Waals surface area contributed by atoms with Crippen LogP contribution in [0.25, 0.3) is 0 Å². The number of amides is 1. The van der Waals surface area contributed by atoms with E-state index in [1.54, 1.807) is 19.9 Å². The van der Waals surface area contributed by atoms with Gasteiger partial charge in [-0.25, -0.2) is 0 Å². The molecule has 0 aliphatic carbocycles. The first-order valence-electron chi connectivity index (χ1n) is 5.64. The van der Waals surface area contributed by atoms with E-state index in [0.717, 1.165) is 11.1 Å². The Labute approximate surface area is 110 Å². The molecule has 0 atom stereocenters. The summed E-state index contributed by atoms with van der Waals surface area (Å²) in [6, 6.07) is 3.57. The Morgan fingerprint density at radius 2 is 2.17 bits per heavy atom. The van der Waals surface area contributed by atoms with Gasteiger partial charge in [0.1, 0.15) is 0 Å². The van der Waals surface area contributed by atoms with Gasteiger partial charge in [-0.3, -0.25) is 9.59 Å². The monoisotopic (exact) mass is 267 g/mol. The third-order valence-electron chi connectivity index (χ3n) is 3.07. The molecule has 2 N–H and O–H groups in total. The molecule has 0 radical (unpaired) electrons. The molecule has 18 heavy (non-hydrogen) atoms. The maximum absolute atomic E-state index is 11.3. The van der Waals surface area contributed by atoms with Crippen LogP contribution in [0.2, 0.25) is 5.02 Å². The third-order valence-corrected chi connectivity index (χ3v) is 3.37. The average molecular weight is 268 g/mol. The number of nitrogens with one attached hydrogen (secondary N) is 1. The summed E-state index contributed by atoms with van der Waals surface area (Å²) in [7, 11) is 0. The fourth-order valence-corrected chi connectivity index (χ4v) is 2.36. The van der Waals surface area contributed by atoms with E-state index < -0.39 is 11.4 Å². The Balaban J connectivity index is 2.33. The van der Waals surface area contributed by atoms with Crippen LogP contribution in [0, 0.1) is 5.41 Å². The molecule has 0 unspecified atom stereocenters. The normalized spacial score (nSPS) is 14.3. The number of hydrogen-bond acceptors (Lipinski definition) is 2. The van der Waals surface area contributed by atoms with E-state index in [4.69, 9.17) is 16.7 Å². The summed E-state index contributed by atoms with van der Waals surface area (Å²) < 4.78 is 0. The molecule has 0 spiro atoms. The molecule has 5 heteroatoms. The zero-order chi connectivity index (χ0) is 13.5. The molecule has 1 amide bonds. The molecule has 0 aromatic heterocycles. The maximum atomic E-state index is 11.3. The SMILES string of the molecule is CC(C)(Cc1cc(Cl)c2c(c1)CC(=O)N2)C(=O)O. The van der Waals surface area contributed by atoms with Crippen molar-refractivity contribution in [2.24, 2.45) is 5.41 Å². The van der Waals surface area contributed by atoms with Crippen LogP contribution >= 0.6 is 11.6 Å². The van der Waals surface area contributed by atoms with Crippen LogP contribution < -0.4 is 5.32 Å². The first kappa shape index (κ1) is 12.9. The van der Waals surface area contributed by atoms with Crippen LogP contribution in [0.15, 0.2) is 12.1 Å². The van der Waals surface area contributed by atoms with E-state index in [2.05, 4.69) is 5.32 Å². The number of carbonyl (C=O) groups excluding carboxylic acids is 1. The van der Waals surface area contributed by atoms with Gasteiger partial charge in [-0.15, -0.1) is 0 Å². The van der Waals surface area contributed by atoms with Gasteiger partial charge in [-0.05, 0) is 37.5 Å². The van der Waals surface area contributed by atoms with E-state index in [-0.39, 0.29) is 5.91 Å². The van der Waals surface area contributed by atoms with Crippen molar-refractivity contribution in [2.75, 3.05) is 5.32 Å². The van der Waals surface area contributed by atoms with Crippen LogP contribution in [0.5, 0.6) is 0 Å². The predicted octanol–water partition coefficient (Wildman–Crippen LogP) is 2.49. The number of benzene rings is 1. The molecule has 2 rings (SSSR count). The lowest BCUT2D eigenvalue weighted by molar-refractivity contribution is -0.146. The molecule has 1 aliphatic heterocycles. The molecule has 96 valence electrons. The summed E-state index contributed by atoms with van der Waals surface area (Å²) in [6.45, 7) is 3.33. The minimum absolute atomic E-state index is 0.0819. The second-order valence-electron chi connectivity index (χ2n) is 5.20. The van der Waals surface area contributed by atoms with Gasteiger partial charge < -0.3 is 10.4 Å². The fourth-order valence-electron chi connectivity index (χ4n) is 2.05. The second-order valence-corrected chi connectivity index (χ2v) is 5.61. The summed E-state index contributed by atoms with van der Waals surface area (Å²) in [5, 5.41) is 12.3. The molecular formula is C13H14ClNO3. The number of rotatable bonds is 3. The average Bonchev–Trinajstić information content (AvgIpc) is 2.58. The molecule has 1 aromatic rings. The number of aliphatic carboxylic acids is 1. The quantitative estimate of drug-likeness (QED) is 0.884. The second kappa shape index (κ2) is 4.28. The minimum Gasteiger partial charge on any atom is -0.481 e. The highest BCUT2D eigenvalue weighted by atomic mass is 35.5. The minimum atomic E-state index is -0.854. The first-order valence-corrected chi connectivity index (χ1v) is 6.02. The van der Waals surface area contributed by atoms with Crippen molar-refractivity contribution in [3.05, 3.63) is 28.3 Å². The predicted molar refractivity (Wildman–Crippen MR) is 68.9 cm³/mol. The van der Waals surface area contributed by atoms with Gasteiger partial charge in [0, 0.05) is 0 Å². The highest BCUT2D eigenvalue weighted by Gasteiger charge is 2.29. The molecule has 0 fully saturated rings. The zero-order valence-electron chi connectivity index (χ0n) is 10.2. The molecular weight excluding hydrogens is 254 g/mol. The van der Waals surface area contributed by atoms with Gasteiger partial charge in [0.05, 0.1) is 22.5 Å². The van der Waals surface area contributed by atoms with Crippen molar-refractivity contribution in [3.8, 4) is 0 Å². The fraction of sp³-hybridized carbons (Fsp3) is 0.385. The van der Waals surface area contributed by atoms with Crippen molar-refractivity contribution in [1.29, 1.82) is 0 Å². The number of anilines is 1. The maximum Gasteiger partial charge on any atom is 0.309 e. The summed E-state index contributed by atoms with van der Waals surface area (Å²) in [6.07, 6.45) is 0.680. The Kier molecular flexibility index (Phi) is 3.07. The number of carboxylic acids is 1. The van der Waals surface area contributed by atoms with Crippen molar-refractivity contribution in [1.82, 2.24) is 0 Å². The molecule has 0 bridgehead atoms. The van der Waals surface area contributed by atoms with Crippen LogP contribution in [-0.2, 0) is 22.4 Å². The summed E-state index contributed by atoms with van der Waals surface area (Å²) in [5.74, 6) is -0.935. The van der Waals surface area contributed by atoms with E-state index >= 15 is 0 Å². The van der Waals surface area contributed by atoms with Crippen molar-refractivity contribution in [2.45, 2.75) is 26.7 Å². The number of carbonyl (C=O) groups is 2. The van der Waals surface area contributed by atoms with E-state index in [1.807, 2.05) is 6.07 Å². The molecule has 4 nitrogen and oxygen atoms in total. The number of hydrogen-bond donors (Lipinski definition) is 2. The van der Waals surface area contributed by atoms with Crippen LogP contribution in [0.3, 0.4) is 0 Å². The lowest BCUT2D eigenvalue weighted by Crippen LogP contribution is -2.26. The van der Waals surface area contributed by atoms with Crippen molar-refractivity contribution >= 4 is 29.2 Å². The summed E-state index contributed by atoms with van der Waals surface area (Å²) >= 11 is 6.09. The van der Waals surface area contributed by atoms with Crippen molar-refractivity contribution < 1.29 is 14.7 Å². The van der Waals surface area contributed by atoms with Crippen molar-refractivity contribution in [3.63, 3.8) is 0 Å². The molecule has 1 aliphatic rings. The lowest BCUT2D eigenvalue weighted by Gasteiger charge is -2.19. The van der Waals surface area contributed by atoms with Crippen LogP contribution in [0.4, 0.5) is 5.69 Å². The van der Waals surface area contributed by atoms with E-state index in [0.29, 0.717) is 23.6 Å². The van der Waals surface area contributed by atoms with Gasteiger partial charge in [0.2, 0.25) is 5.91 Å². The third kappa shape index (κ3) is 2.34. The Bertz CT molecular complexity index is 537. The number of carboxylic acid groups (broad SMARTS) is 1. The Morgan fingerprint density at radius 3 is 2.78 bits per heavy atom. The molecule has 1 aromatic carbocycles. The topological polar surface area (TPSA) is 66.4 Å². The van der Waals surface area contributed by atoms with Gasteiger partial charge in [0.25, 0.3) is 0 Å². The van der Waals surface area contributed by atoms with Crippen LogP contribution in [-0.4, -0.2) is 17.0 Å². The zero-order valence-corrected chi connectivity index (χ0v) is 11.0. The Hall–Kier alpha value is -1.55. The number of halogens is 1. The summed E-state index contributed by atoms with van der Waals surface area (Å²) in [5.41, 5.74) is 1.47. The molecule has 0 saturated carbocycles. The molecule has 0 saturated heterocycles. The van der Waals surface area contributed by atoms with E-state index in [1.165, 1.54) is 0 Å². The standard InChI is InChI=1S/C13H14ClNO3/c1-13(2,12(17)18)6-7-3-8-5-10(16)15-11(8)9(14)4-7/h3-4H,5-6H2,1-2H3,(H,15,16)(H,17,18). The van der Waals surface area contributed by atoms with Gasteiger partial charge in [-0.1, -0.05) is 17.7 Å². The van der Waals surface area contributed by atoms with Gasteiger partial charge in [0.15, 0.2) is 0 Å². The highest BCUT2D eigenvalue weighted by Crippen LogP contribution is 2.34. The Morgan fingerprint density at radius 1 is 1.50 bits per heavy atom. The molecule has 1 heterocycles. The van der Waals surface area contributed by atoms with Gasteiger partial charge >= 0.3 is 5.97 Å². The smallest absolute Gasteiger partial charge is 0.309 e. The first-order chi connectivity index (χ1) is 8.29. The van der Waals surface area contributed by atoms with Gasteiger partial charge in [-0.2, -0.15) is 0 Å². The van der Waals surface area contributed by atoms with E-state index in [9.17, 15) is 9.59 Å². The summed E-state index contributed by atoms with van der Waals surface area (Å²) in [4.78, 5) is 22.4.